The zero-order valence-electron chi connectivity index (χ0n) is 12.7. The highest BCUT2D eigenvalue weighted by Crippen LogP contribution is 2.38. The summed E-state index contributed by atoms with van der Waals surface area (Å²) in [6.45, 7) is 3.59. The Balaban J connectivity index is 2.16. The normalized spacial score (nSPS) is 18.8. The number of benzene rings is 1. The number of aryl methyl sites for hydroxylation is 1. The topological polar surface area (TPSA) is 43.8 Å². The number of aromatic nitrogens is 2. The van der Waals surface area contributed by atoms with Crippen molar-refractivity contribution >= 4 is 11.0 Å². The quantitative estimate of drug-likeness (QED) is 0.875. The van der Waals surface area contributed by atoms with Crippen molar-refractivity contribution in [2.45, 2.75) is 57.4 Å². The van der Waals surface area contributed by atoms with Gasteiger partial charge in [-0.3, -0.25) is 0 Å². The van der Waals surface area contributed by atoms with Crippen molar-refractivity contribution in [2.24, 2.45) is 5.73 Å². The second-order valence-electron chi connectivity index (χ2n) is 6.21. The highest BCUT2D eigenvalue weighted by Gasteiger charge is 2.36. The van der Waals surface area contributed by atoms with E-state index >= 15 is 0 Å². The number of rotatable bonds is 3. The maximum atomic E-state index is 13.5. The molecular weight excluding hydrogens is 265 g/mol. The predicted molar refractivity (Wildman–Crippen MR) is 83.8 cm³/mol. The van der Waals surface area contributed by atoms with Gasteiger partial charge in [-0.2, -0.15) is 0 Å². The van der Waals surface area contributed by atoms with Gasteiger partial charge in [-0.15, -0.1) is 0 Å². The van der Waals surface area contributed by atoms with Crippen LogP contribution in [0.5, 0.6) is 0 Å². The van der Waals surface area contributed by atoms with E-state index in [1.54, 1.807) is 0 Å². The van der Waals surface area contributed by atoms with Crippen LogP contribution in [0.25, 0.3) is 11.0 Å². The molecule has 1 aliphatic carbocycles. The van der Waals surface area contributed by atoms with Crippen molar-refractivity contribution in [3.05, 3.63) is 29.8 Å². The standard InChI is InChI=1S/C17H24FN3/c1-2-21-15-8-7-13(18)11-14(15)20-16(21)17(12-19)9-5-3-4-6-10-17/h7-8,11H,2-6,9-10,12,19H2,1H3. The van der Waals surface area contributed by atoms with E-state index < -0.39 is 0 Å². The minimum Gasteiger partial charge on any atom is -0.329 e. The van der Waals surface area contributed by atoms with Gasteiger partial charge in [0.2, 0.25) is 0 Å². The van der Waals surface area contributed by atoms with Gasteiger partial charge in [0.15, 0.2) is 0 Å². The lowest BCUT2D eigenvalue weighted by molar-refractivity contribution is 0.347. The van der Waals surface area contributed by atoms with Crippen LogP contribution >= 0.6 is 0 Å². The fraction of sp³-hybridized carbons (Fsp3) is 0.588. The third-order valence-corrected chi connectivity index (χ3v) is 4.95. The molecule has 0 aliphatic heterocycles. The summed E-state index contributed by atoms with van der Waals surface area (Å²) in [7, 11) is 0. The molecule has 3 nitrogen and oxygen atoms in total. The van der Waals surface area contributed by atoms with E-state index in [0.717, 1.165) is 36.2 Å². The smallest absolute Gasteiger partial charge is 0.125 e. The maximum absolute atomic E-state index is 13.5. The lowest BCUT2D eigenvalue weighted by atomic mass is 9.79. The Morgan fingerprint density at radius 1 is 1.24 bits per heavy atom. The highest BCUT2D eigenvalue weighted by molar-refractivity contribution is 5.76. The largest absolute Gasteiger partial charge is 0.329 e. The van der Waals surface area contributed by atoms with Crippen LogP contribution in [0, 0.1) is 5.82 Å². The van der Waals surface area contributed by atoms with E-state index in [0.29, 0.717) is 6.54 Å². The molecule has 0 saturated heterocycles. The van der Waals surface area contributed by atoms with Crippen molar-refractivity contribution < 1.29 is 4.39 Å². The van der Waals surface area contributed by atoms with Crippen LogP contribution in [0.3, 0.4) is 0 Å². The highest BCUT2D eigenvalue weighted by atomic mass is 19.1. The molecule has 0 amide bonds. The van der Waals surface area contributed by atoms with Crippen molar-refractivity contribution in [3.8, 4) is 0 Å². The van der Waals surface area contributed by atoms with Gasteiger partial charge in [0.05, 0.1) is 11.0 Å². The minimum absolute atomic E-state index is 0.0397. The molecular formula is C17H24FN3. The fourth-order valence-electron chi connectivity index (χ4n) is 3.75. The Morgan fingerprint density at radius 2 is 1.95 bits per heavy atom. The fourth-order valence-corrected chi connectivity index (χ4v) is 3.75. The van der Waals surface area contributed by atoms with Gasteiger partial charge in [0.1, 0.15) is 11.6 Å². The third-order valence-electron chi connectivity index (χ3n) is 4.95. The Morgan fingerprint density at radius 3 is 2.57 bits per heavy atom. The molecule has 1 saturated carbocycles. The Hall–Kier alpha value is -1.42. The lowest BCUT2D eigenvalue weighted by Crippen LogP contribution is -2.37. The van der Waals surface area contributed by atoms with E-state index in [1.807, 2.05) is 6.07 Å². The first-order valence-electron chi connectivity index (χ1n) is 8.06. The van der Waals surface area contributed by atoms with Crippen LogP contribution < -0.4 is 5.73 Å². The van der Waals surface area contributed by atoms with E-state index in [4.69, 9.17) is 10.7 Å². The van der Waals surface area contributed by atoms with E-state index in [-0.39, 0.29) is 11.2 Å². The molecule has 1 aromatic carbocycles. The maximum Gasteiger partial charge on any atom is 0.125 e. The Kier molecular flexibility index (Phi) is 3.98. The molecule has 2 N–H and O–H groups in total. The number of halogens is 1. The van der Waals surface area contributed by atoms with Crippen molar-refractivity contribution in [2.75, 3.05) is 6.54 Å². The van der Waals surface area contributed by atoms with Crippen LogP contribution in [0.4, 0.5) is 4.39 Å². The van der Waals surface area contributed by atoms with Gasteiger partial charge < -0.3 is 10.3 Å². The van der Waals surface area contributed by atoms with Crippen molar-refractivity contribution in [3.63, 3.8) is 0 Å². The first kappa shape index (κ1) is 14.5. The van der Waals surface area contributed by atoms with Crippen LogP contribution in [0.1, 0.15) is 51.3 Å². The van der Waals surface area contributed by atoms with Gasteiger partial charge in [-0.25, -0.2) is 9.37 Å². The zero-order valence-corrected chi connectivity index (χ0v) is 12.7. The second-order valence-corrected chi connectivity index (χ2v) is 6.21. The number of fused-ring (bicyclic) bond motifs is 1. The van der Waals surface area contributed by atoms with E-state index in [9.17, 15) is 4.39 Å². The van der Waals surface area contributed by atoms with Crippen molar-refractivity contribution in [1.82, 2.24) is 9.55 Å². The second kappa shape index (κ2) is 5.76. The van der Waals surface area contributed by atoms with Crippen LogP contribution in [-0.4, -0.2) is 16.1 Å². The summed E-state index contributed by atoms with van der Waals surface area (Å²) >= 11 is 0. The van der Waals surface area contributed by atoms with Gasteiger partial charge in [0, 0.05) is 24.6 Å². The molecule has 0 radical (unpaired) electrons. The first-order chi connectivity index (χ1) is 10.2. The zero-order chi connectivity index (χ0) is 14.9. The predicted octanol–water partition coefficient (Wildman–Crippen LogP) is 3.75. The number of nitrogens with two attached hydrogens (primary N) is 1. The molecule has 1 aliphatic rings. The summed E-state index contributed by atoms with van der Waals surface area (Å²) < 4.78 is 15.7. The molecule has 3 rings (SSSR count). The summed E-state index contributed by atoms with van der Waals surface area (Å²) in [6.07, 6.45) is 7.16. The molecule has 1 heterocycles. The molecule has 21 heavy (non-hydrogen) atoms. The molecule has 0 bridgehead atoms. The molecule has 2 aromatic rings. The average Bonchev–Trinajstić information content (AvgIpc) is 2.69. The summed E-state index contributed by atoms with van der Waals surface area (Å²) in [4.78, 5) is 4.80. The van der Waals surface area contributed by atoms with Gasteiger partial charge in [-0.1, -0.05) is 25.7 Å². The number of hydrogen-bond donors (Lipinski definition) is 1. The summed E-state index contributed by atoms with van der Waals surface area (Å²) in [5.74, 6) is 0.840. The summed E-state index contributed by atoms with van der Waals surface area (Å²) in [5, 5.41) is 0. The van der Waals surface area contributed by atoms with Gasteiger partial charge >= 0.3 is 0 Å². The van der Waals surface area contributed by atoms with Crippen LogP contribution in [-0.2, 0) is 12.0 Å². The molecule has 4 heteroatoms. The molecule has 0 spiro atoms. The molecule has 114 valence electrons. The SMILES string of the molecule is CCn1c(C2(CN)CCCCCC2)nc2cc(F)ccc21. The summed E-state index contributed by atoms with van der Waals surface area (Å²) in [5.41, 5.74) is 7.92. The third kappa shape index (κ3) is 2.46. The van der Waals surface area contributed by atoms with E-state index in [1.165, 1.54) is 37.8 Å². The lowest BCUT2D eigenvalue weighted by Gasteiger charge is -2.31. The Labute approximate surface area is 125 Å². The number of nitrogens with zero attached hydrogens (tertiary/aromatic N) is 2. The average molecular weight is 289 g/mol. The van der Waals surface area contributed by atoms with Crippen LogP contribution in [0.2, 0.25) is 0 Å². The number of hydrogen-bond acceptors (Lipinski definition) is 2. The molecule has 0 atom stereocenters. The van der Waals surface area contributed by atoms with Gasteiger partial charge in [0.25, 0.3) is 0 Å². The first-order valence-corrected chi connectivity index (χ1v) is 8.06. The molecule has 1 aromatic heterocycles. The monoisotopic (exact) mass is 289 g/mol. The number of imidazole rings is 1. The molecule has 0 unspecified atom stereocenters. The van der Waals surface area contributed by atoms with E-state index in [2.05, 4.69) is 11.5 Å². The Bertz CT molecular complexity index is 624. The van der Waals surface area contributed by atoms with Crippen LogP contribution in [0.15, 0.2) is 18.2 Å². The summed E-state index contributed by atoms with van der Waals surface area (Å²) in [6, 6.07) is 4.89. The van der Waals surface area contributed by atoms with Crippen molar-refractivity contribution in [1.29, 1.82) is 0 Å². The molecule has 1 fully saturated rings. The minimum atomic E-state index is -0.225. The van der Waals surface area contributed by atoms with Gasteiger partial charge in [-0.05, 0) is 31.9 Å².